The number of nitrogens with zero attached hydrogens (tertiary/aromatic N) is 1. The van der Waals surface area contributed by atoms with Crippen molar-refractivity contribution in [2.45, 2.75) is 13.3 Å². The maximum atomic E-state index is 11.4. The summed E-state index contributed by atoms with van der Waals surface area (Å²) in [4.78, 5) is 15.9. The number of hydrogen-bond donors (Lipinski definition) is 1. The molecule has 18 heavy (non-hydrogen) atoms. The summed E-state index contributed by atoms with van der Waals surface area (Å²) >= 11 is 7.37. The minimum Gasteiger partial charge on any atom is -0.356 e. The number of likely N-dealkylation sites (N-methyl/N-ethyl adjacent to an activating group) is 1. The van der Waals surface area contributed by atoms with E-state index in [1.165, 1.54) is 11.3 Å². The Bertz CT molecular complexity index is 536. The smallest absolute Gasteiger partial charge is 0.226 e. The molecule has 2 aromatic rings. The van der Waals surface area contributed by atoms with Gasteiger partial charge < -0.3 is 5.32 Å². The van der Waals surface area contributed by atoms with Gasteiger partial charge in [0.25, 0.3) is 0 Å². The van der Waals surface area contributed by atoms with Gasteiger partial charge in [-0.1, -0.05) is 23.7 Å². The second-order valence-corrected chi connectivity index (χ2v) is 5.08. The fourth-order valence-corrected chi connectivity index (χ4v) is 2.49. The summed E-state index contributed by atoms with van der Waals surface area (Å²) < 4.78 is 0. The van der Waals surface area contributed by atoms with Gasteiger partial charge in [-0.25, -0.2) is 4.98 Å². The van der Waals surface area contributed by atoms with Crippen molar-refractivity contribution in [2.24, 2.45) is 0 Å². The highest BCUT2D eigenvalue weighted by atomic mass is 35.5. The third kappa shape index (κ3) is 3.31. The Kier molecular flexibility index (Phi) is 4.33. The van der Waals surface area contributed by atoms with E-state index in [2.05, 4.69) is 10.3 Å². The average molecular weight is 281 g/mol. The van der Waals surface area contributed by atoms with E-state index in [-0.39, 0.29) is 5.91 Å². The van der Waals surface area contributed by atoms with Gasteiger partial charge in [-0.3, -0.25) is 4.79 Å². The Morgan fingerprint density at radius 2 is 2.11 bits per heavy atom. The monoisotopic (exact) mass is 280 g/mol. The molecule has 2 rings (SSSR count). The summed E-state index contributed by atoms with van der Waals surface area (Å²) in [6.07, 6.45) is 0.331. The first-order valence-corrected chi connectivity index (χ1v) is 6.92. The summed E-state index contributed by atoms with van der Waals surface area (Å²) in [5.41, 5.74) is 1.82. The van der Waals surface area contributed by atoms with Crippen molar-refractivity contribution >= 4 is 28.8 Å². The van der Waals surface area contributed by atoms with Gasteiger partial charge in [0, 0.05) is 22.5 Å². The second kappa shape index (κ2) is 5.98. The van der Waals surface area contributed by atoms with Crippen molar-refractivity contribution in [1.29, 1.82) is 0 Å². The first kappa shape index (κ1) is 13.1. The van der Waals surface area contributed by atoms with E-state index in [0.717, 1.165) is 16.3 Å². The van der Waals surface area contributed by atoms with Crippen LogP contribution in [0.4, 0.5) is 0 Å². The number of nitrogens with one attached hydrogen (secondary N) is 1. The Morgan fingerprint density at radius 3 is 2.78 bits per heavy atom. The standard InChI is InChI=1S/C13H13ClN2OS/c1-2-15-12(17)7-11-8-18-13(16-11)9-3-5-10(14)6-4-9/h3-6,8H,2,7H2,1H3,(H,15,17). The third-order valence-electron chi connectivity index (χ3n) is 2.36. The van der Waals surface area contributed by atoms with Gasteiger partial charge in [0.2, 0.25) is 5.91 Å². The molecule has 94 valence electrons. The number of carbonyl (C=O) groups excluding carboxylic acids is 1. The number of carbonyl (C=O) groups is 1. The van der Waals surface area contributed by atoms with Crippen LogP contribution >= 0.6 is 22.9 Å². The SMILES string of the molecule is CCNC(=O)Cc1csc(-c2ccc(Cl)cc2)n1. The van der Waals surface area contributed by atoms with Crippen LogP contribution in [0.25, 0.3) is 10.6 Å². The summed E-state index contributed by atoms with van der Waals surface area (Å²) in [5.74, 6) is 0.00505. The van der Waals surface area contributed by atoms with Crippen LogP contribution in [0.3, 0.4) is 0 Å². The highest BCUT2D eigenvalue weighted by molar-refractivity contribution is 7.13. The lowest BCUT2D eigenvalue weighted by atomic mass is 10.2. The number of amides is 1. The first-order valence-electron chi connectivity index (χ1n) is 5.66. The van der Waals surface area contributed by atoms with Gasteiger partial charge in [-0.05, 0) is 19.1 Å². The molecular formula is C13H13ClN2OS. The zero-order chi connectivity index (χ0) is 13.0. The maximum absolute atomic E-state index is 11.4. The summed E-state index contributed by atoms with van der Waals surface area (Å²) in [6, 6.07) is 7.53. The van der Waals surface area contributed by atoms with Crippen LogP contribution < -0.4 is 5.32 Å². The van der Waals surface area contributed by atoms with Crippen molar-refractivity contribution in [3.05, 3.63) is 40.4 Å². The zero-order valence-electron chi connectivity index (χ0n) is 9.94. The molecule has 1 aromatic heterocycles. The van der Waals surface area contributed by atoms with Crippen molar-refractivity contribution in [3.8, 4) is 10.6 Å². The van der Waals surface area contributed by atoms with Gasteiger partial charge >= 0.3 is 0 Å². The van der Waals surface area contributed by atoms with Crippen molar-refractivity contribution in [1.82, 2.24) is 10.3 Å². The molecule has 1 heterocycles. The minimum atomic E-state index is 0.00505. The molecule has 0 atom stereocenters. The summed E-state index contributed by atoms with van der Waals surface area (Å²) in [7, 11) is 0. The van der Waals surface area contributed by atoms with E-state index in [1.807, 2.05) is 36.6 Å². The lowest BCUT2D eigenvalue weighted by Crippen LogP contribution is -2.24. The topological polar surface area (TPSA) is 42.0 Å². The van der Waals surface area contributed by atoms with E-state index >= 15 is 0 Å². The molecule has 0 saturated heterocycles. The molecule has 0 bridgehead atoms. The normalized spacial score (nSPS) is 10.3. The highest BCUT2D eigenvalue weighted by Crippen LogP contribution is 2.25. The van der Waals surface area contributed by atoms with Crippen LogP contribution in [0.15, 0.2) is 29.6 Å². The maximum Gasteiger partial charge on any atom is 0.226 e. The molecule has 1 aromatic carbocycles. The van der Waals surface area contributed by atoms with Gasteiger partial charge in [-0.15, -0.1) is 11.3 Å². The molecule has 0 aliphatic carbocycles. The Hall–Kier alpha value is -1.39. The van der Waals surface area contributed by atoms with E-state index in [4.69, 9.17) is 11.6 Å². The fraction of sp³-hybridized carbons (Fsp3) is 0.231. The first-order chi connectivity index (χ1) is 8.69. The molecule has 1 amide bonds. The molecule has 5 heteroatoms. The quantitative estimate of drug-likeness (QED) is 0.935. The fourth-order valence-electron chi connectivity index (χ4n) is 1.54. The Morgan fingerprint density at radius 1 is 1.39 bits per heavy atom. The number of benzene rings is 1. The number of thiazole rings is 1. The molecule has 0 saturated carbocycles. The third-order valence-corrected chi connectivity index (χ3v) is 3.55. The number of aromatic nitrogens is 1. The largest absolute Gasteiger partial charge is 0.356 e. The highest BCUT2D eigenvalue weighted by Gasteiger charge is 2.08. The molecule has 0 aliphatic heterocycles. The van der Waals surface area contributed by atoms with Crippen LogP contribution in [-0.4, -0.2) is 17.4 Å². The molecule has 0 spiro atoms. The van der Waals surface area contributed by atoms with Crippen LogP contribution in [0.2, 0.25) is 5.02 Å². The molecule has 3 nitrogen and oxygen atoms in total. The predicted molar refractivity (Wildman–Crippen MR) is 74.9 cm³/mol. The molecular weight excluding hydrogens is 268 g/mol. The van der Waals surface area contributed by atoms with Crippen LogP contribution in [0.1, 0.15) is 12.6 Å². The Labute approximate surface area is 115 Å². The minimum absolute atomic E-state index is 0.00505. The summed E-state index contributed by atoms with van der Waals surface area (Å²) in [6.45, 7) is 2.55. The number of rotatable bonds is 4. The van der Waals surface area contributed by atoms with E-state index in [9.17, 15) is 4.79 Å². The average Bonchev–Trinajstić information content (AvgIpc) is 2.78. The molecule has 0 radical (unpaired) electrons. The van der Waals surface area contributed by atoms with Gasteiger partial charge in [0.05, 0.1) is 12.1 Å². The van der Waals surface area contributed by atoms with Crippen molar-refractivity contribution in [3.63, 3.8) is 0 Å². The molecule has 0 aliphatic rings. The van der Waals surface area contributed by atoms with Crippen LogP contribution in [-0.2, 0) is 11.2 Å². The zero-order valence-corrected chi connectivity index (χ0v) is 11.5. The lowest BCUT2D eigenvalue weighted by Gasteiger charge is -1.98. The molecule has 0 unspecified atom stereocenters. The van der Waals surface area contributed by atoms with Crippen molar-refractivity contribution < 1.29 is 4.79 Å². The van der Waals surface area contributed by atoms with Crippen LogP contribution in [0.5, 0.6) is 0 Å². The van der Waals surface area contributed by atoms with Gasteiger partial charge in [-0.2, -0.15) is 0 Å². The predicted octanol–water partition coefficient (Wildman–Crippen LogP) is 3.14. The lowest BCUT2D eigenvalue weighted by molar-refractivity contribution is -0.120. The number of halogens is 1. The summed E-state index contributed by atoms with van der Waals surface area (Å²) in [5, 5.41) is 6.29. The second-order valence-electron chi connectivity index (χ2n) is 3.78. The molecule has 1 N–H and O–H groups in total. The van der Waals surface area contributed by atoms with E-state index in [0.29, 0.717) is 18.0 Å². The molecule has 0 fully saturated rings. The van der Waals surface area contributed by atoms with Crippen LogP contribution in [0, 0.1) is 0 Å². The van der Waals surface area contributed by atoms with E-state index in [1.54, 1.807) is 0 Å². The van der Waals surface area contributed by atoms with Gasteiger partial charge in [0.1, 0.15) is 5.01 Å². The Balaban J connectivity index is 2.10. The van der Waals surface area contributed by atoms with E-state index < -0.39 is 0 Å². The van der Waals surface area contributed by atoms with Gasteiger partial charge in [0.15, 0.2) is 0 Å². The van der Waals surface area contributed by atoms with Crippen molar-refractivity contribution in [2.75, 3.05) is 6.54 Å². The number of hydrogen-bond acceptors (Lipinski definition) is 3.